The highest BCUT2D eigenvalue weighted by atomic mass is 16.5. The van der Waals surface area contributed by atoms with E-state index in [9.17, 15) is 0 Å². The van der Waals surface area contributed by atoms with E-state index in [0.717, 1.165) is 25.4 Å². The summed E-state index contributed by atoms with van der Waals surface area (Å²) in [6.07, 6.45) is 0. The molecule has 0 aliphatic carbocycles. The monoisotopic (exact) mass is 270 g/mol. The Balaban J connectivity index is 1.66. The van der Waals surface area contributed by atoms with Crippen molar-refractivity contribution >= 4 is 5.69 Å². The van der Waals surface area contributed by atoms with Crippen LogP contribution in [-0.2, 0) is 17.9 Å². The van der Waals surface area contributed by atoms with Crippen molar-refractivity contribution < 1.29 is 4.74 Å². The second kappa shape index (κ2) is 7.68. The lowest BCUT2D eigenvalue weighted by Gasteiger charge is -2.17. The molecule has 0 unspecified atom stereocenters. The number of hydrogen-bond donors (Lipinski definition) is 1. The molecule has 3 heteroatoms. The summed E-state index contributed by atoms with van der Waals surface area (Å²) in [7, 11) is 2.09. The number of rotatable bonds is 7. The van der Waals surface area contributed by atoms with Crippen molar-refractivity contribution in [1.82, 2.24) is 4.90 Å². The van der Waals surface area contributed by atoms with E-state index in [-0.39, 0.29) is 0 Å². The zero-order valence-corrected chi connectivity index (χ0v) is 12.0. The molecule has 0 heterocycles. The van der Waals surface area contributed by atoms with Crippen LogP contribution in [-0.4, -0.2) is 25.1 Å². The van der Waals surface area contributed by atoms with Crippen LogP contribution in [0.3, 0.4) is 0 Å². The molecule has 0 saturated carbocycles. The van der Waals surface area contributed by atoms with Gasteiger partial charge in [-0.25, -0.2) is 0 Å². The fourth-order valence-electron chi connectivity index (χ4n) is 2.07. The van der Waals surface area contributed by atoms with Crippen molar-refractivity contribution in [2.45, 2.75) is 13.2 Å². The van der Waals surface area contributed by atoms with Gasteiger partial charge < -0.3 is 10.5 Å². The Morgan fingerprint density at radius 3 is 2.50 bits per heavy atom. The summed E-state index contributed by atoms with van der Waals surface area (Å²) in [6, 6.07) is 18.3. The number of benzene rings is 2. The molecule has 0 bridgehead atoms. The fraction of sp³-hybridized carbons (Fsp3) is 0.294. The molecule has 2 aromatic carbocycles. The third kappa shape index (κ3) is 5.03. The van der Waals surface area contributed by atoms with Gasteiger partial charge in [0.1, 0.15) is 0 Å². The van der Waals surface area contributed by atoms with Crippen LogP contribution in [0.5, 0.6) is 0 Å². The minimum atomic E-state index is 0.674. The fourth-order valence-corrected chi connectivity index (χ4v) is 2.07. The third-order valence-electron chi connectivity index (χ3n) is 3.13. The summed E-state index contributed by atoms with van der Waals surface area (Å²) in [6.45, 7) is 3.20. The molecule has 3 nitrogen and oxygen atoms in total. The SMILES string of the molecule is CN(CCOCc1ccccc1)Cc1cccc(N)c1. The first-order chi connectivity index (χ1) is 9.74. The molecule has 0 spiro atoms. The first-order valence-corrected chi connectivity index (χ1v) is 6.88. The second-order valence-electron chi connectivity index (χ2n) is 5.02. The van der Waals surface area contributed by atoms with E-state index < -0.39 is 0 Å². The first kappa shape index (κ1) is 14.6. The van der Waals surface area contributed by atoms with Gasteiger partial charge in [0, 0.05) is 18.8 Å². The first-order valence-electron chi connectivity index (χ1n) is 6.88. The van der Waals surface area contributed by atoms with Crippen molar-refractivity contribution in [3.63, 3.8) is 0 Å². The minimum absolute atomic E-state index is 0.674. The van der Waals surface area contributed by atoms with Crippen LogP contribution in [0.25, 0.3) is 0 Å². The van der Waals surface area contributed by atoms with E-state index in [4.69, 9.17) is 10.5 Å². The molecule has 2 N–H and O–H groups in total. The van der Waals surface area contributed by atoms with E-state index in [0.29, 0.717) is 6.61 Å². The average Bonchev–Trinajstić information content (AvgIpc) is 2.45. The Labute approximate surface area is 121 Å². The zero-order chi connectivity index (χ0) is 14.2. The van der Waals surface area contributed by atoms with Gasteiger partial charge in [0.25, 0.3) is 0 Å². The molecule has 0 radical (unpaired) electrons. The van der Waals surface area contributed by atoms with Crippen LogP contribution in [0, 0.1) is 0 Å². The summed E-state index contributed by atoms with van der Waals surface area (Å²) in [4.78, 5) is 2.24. The van der Waals surface area contributed by atoms with Gasteiger partial charge in [-0.1, -0.05) is 42.5 Å². The summed E-state index contributed by atoms with van der Waals surface area (Å²) in [5, 5.41) is 0. The Kier molecular flexibility index (Phi) is 5.59. The Morgan fingerprint density at radius 1 is 1.00 bits per heavy atom. The van der Waals surface area contributed by atoms with Crippen LogP contribution in [0.15, 0.2) is 54.6 Å². The predicted molar refractivity (Wildman–Crippen MR) is 83.3 cm³/mol. The van der Waals surface area contributed by atoms with Crippen molar-refractivity contribution in [3.8, 4) is 0 Å². The lowest BCUT2D eigenvalue weighted by molar-refractivity contribution is 0.0980. The highest BCUT2D eigenvalue weighted by Gasteiger charge is 2.01. The molecule has 106 valence electrons. The van der Waals surface area contributed by atoms with E-state index in [1.165, 1.54) is 11.1 Å². The number of nitrogens with two attached hydrogens (primary N) is 1. The summed E-state index contributed by atoms with van der Waals surface area (Å²) >= 11 is 0. The van der Waals surface area contributed by atoms with Crippen LogP contribution < -0.4 is 5.73 Å². The van der Waals surface area contributed by atoms with Gasteiger partial charge >= 0.3 is 0 Å². The number of nitrogen functional groups attached to an aromatic ring is 1. The van der Waals surface area contributed by atoms with Gasteiger partial charge in [0.05, 0.1) is 13.2 Å². The van der Waals surface area contributed by atoms with Crippen LogP contribution in [0.4, 0.5) is 5.69 Å². The molecule has 0 aliphatic rings. The van der Waals surface area contributed by atoms with Gasteiger partial charge in [0.15, 0.2) is 0 Å². The van der Waals surface area contributed by atoms with Crippen molar-refractivity contribution in [3.05, 3.63) is 65.7 Å². The highest BCUT2D eigenvalue weighted by Crippen LogP contribution is 2.08. The molecule has 2 aromatic rings. The van der Waals surface area contributed by atoms with Crippen molar-refractivity contribution in [2.75, 3.05) is 25.9 Å². The van der Waals surface area contributed by atoms with Gasteiger partial charge in [-0.15, -0.1) is 0 Å². The van der Waals surface area contributed by atoms with Gasteiger partial charge in [0.2, 0.25) is 0 Å². The average molecular weight is 270 g/mol. The molecule has 0 atom stereocenters. The van der Waals surface area contributed by atoms with E-state index in [2.05, 4.69) is 30.1 Å². The molecule has 20 heavy (non-hydrogen) atoms. The molecule has 0 aliphatic heterocycles. The zero-order valence-electron chi connectivity index (χ0n) is 12.0. The maximum Gasteiger partial charge on any atom is 0.0717 e. The summed E-state index contributed by atoms with van der Waals surface area (Å²) < 4.78 is 5.69. The number of ether oxygens (including phenoxy) is 1. The lowest BCUT2D eigenvalue weighted by atomic mass is 10.2. The smallest absolute Gasteiger partial charge is 0.0717 e. The summed E-state index contributed by atoms with van der Waals surface area (Å²) in [5.74, 6) is 0. The molecule has 0 amide bonds. The van der Waals surface area contributed by atoms with E-state index >= 15 is 0 Å². The van der Waals surface area contributed by atoms with Crippen LogP contribution in [0.1, 0.15) is 11.1 Å². The van der Waals surface area contributed by atoms with Crippen molar-refractivity contribution in [1.29, 1.82) is 0 Å². The van der Waals surface area contributed by atoms with Crippen LogP contribution >= 0.6 is 0 Å². The Morgan fingerprint density at radius 2 is 1.75 bits per heavy atom. The van der Waals surface area contributed by atoms with Gasteiger partial charge in [-0.05, 0) is 30.3 Å². The minimum Gasteiger partial charge on any atom is -0.399 e. The van der Waals surface area contributed by atoms with Crippen molar-refractivity contribution in [2.24, 2.45) is 0 Å². The number of anilines is 1. The number of likely N-dealkylation sites (N-methyl/N-ethyl adjacent to an activating group) is 1. The largest absolute Gasteiger partial charge is 0.399 e. The summed E-state index contributed by atoms with van der Waals surface area (Å²) in [5.41, 5.74) is 9.04. The van der Waals surface area contributed by atoms with Crippen LogP contribution in [0.2, 0.25) is 0 Å². The third-order valence-corrected chi connectivity index (χ3v) is 3.13. The standard InChI is InChI=1S/C17H22N2O/c1-19(13-16-8-5-9-17(18)12-16)10-11-20-14-15-6-3-2-4-7-15/h2-9,12H,10-11,13-14,18H2,1H3. The van der Waals surface area contributed by atoms with Gasteiger partial charge in [-0.2, -0.15) is 0 Å². The molecular weight excluding hydrogens is 248 g/mol. The Bertz CT molecular complexity index is 513. The molecule has 0 saturated heterocycles. The maximum absolute atomic E-state index is 5.78. The molecule has 0 fully saturated rings. The van der Waals surface area contributed by atoms with E-state index in [1.807, 2.05) is 36.4 Å². The second-order valence-corrected chi connectivity index (χ2v) is 5.02. The molecule has 0 aromatic heterocycles. The predicted octanol–water partition coefficient (Wildman–Crippen LogP) is 2.92. The molecular formula is C17H22N2O. The Hall–Kier alpha value is -1.84. The number of nitrogens with zero attached hydrogens (tertiary/aromatic N) is 1. The number of hydrogen-bond acceptors (Lipinski definition) is 3. The normalized spacial score (nSPS) is 10.9. The topological polar surface area (TPSA) is 38.5 Å². The lowest BCUT2D eigenvalue weighted by Crippen LogP contribution is -2.22. The van der Waals surface area contributed by atoms with Gasteiger partial charge in [-0.3, -0.25) is 4.90 Å². The quantitative estimate of drug-likeness (QED) is 0.621. The maximum atomic E-state index is 5.78. The molecule has 2 rings (SSSR count). The van der Waals surface area contributed by atoms with E-state index in [1.54, 1.807) is 0 Å². The highest BCUT2D eigenvalue weighted by molar-refractivity contribution is 5.40.